The molecule has 1 aromatic rings. The summed E-state index contributed by atoms with van der Waals surface area (Å²) >= 11 is 0. The van der Waals surface area contributed by atoms with E-state index in [9.17, 15) is 4.79 Å². The first kappa shape index (κ1) is 16.9. The molecule has 0 heterocycles. The van der Waals surface area contributed by atoms with Crippen molar-refractivity contribution in [2.75, 3.05) is 13.1 Å². The van der Waals surface area contributed by atoms with Crippen molar-refractivity contribution < 1.29 is 4.79 Å². The molecule has 1 unspecified atom stereocenters. The monoisotopic (exact) mass is 270 g/mol. The van der Waals surface area contributed by atoms with Gasteiger partial charge in [0.15, 0.2) is 0 Å². The fourth-order valence-corrected chi connectivity index (χ4v) is 1.63. The summed E-state index contributed by atoms with van der Waals surface area (Å²) in [7, 11) is 0. The molecule has 0 aromatic heterocycles. The minimum absolute atomic E-state index is 0. The van der Waals surface area contributed by atoms with Crippen molar-refractivity contribution in [3.63, 3.8) is 0 Å². The third-order valence-corrected chi connectivity index (χ3v) is 2.86. The molecular formula is C14H23ClN2O. The van der Waals surface area contributed by atoms with Crippen molar-refractivity contribution in [2.24, 2.45) is 5.73 Å². The van der Waals surface area contributed by atoms with Crippen LogP contribution in [0, 0.1) is 6.92 Å². The van der Waals surface area contributed by atoms with Crippen LogP contribution < -0.4 is 11.1 Å². The number of hydrogen-bond donors (Lipinski definition) is 2. The minimum atomic E-state index is 0. The van der Waals surface area contributed by atoms with Gasteiger partial charge in [-0.1, -0.05) is 36.8 Å². The molecule has 0 saturated carbocycles. The number of benzene rings is 1. The van der Waals surface area contributed by atoms with Gasteiger partial charge in [0.1, 0.15) is 0 Å². The van der Waals surface area contributed by atoms with Crippen molar-refractivity contribution in [3.8, 4) is 0 Å². The molecule has 0 bridgehead atoms. The number of nitrogens with one attached hydrogen (secondary N) is 1. The van der Waals surface area contributed by atoms with Crippen LogP contribution in [-0.4, -0.2) is 19.0 Å². The van der Waals surface area contributed by atoms with Gasteiger partial charge in [0, 0.05) is 13.0 Å². The zero-order valence-electron chi connectivity index (χ0n) is 11.1. The molecule has 102 valence electrons. The van der Waals surface area contributed by atoms with Gasteiger partial charge in [0.05, 0.1) is 0 Å². The zero-order valence-corrected chi connectivity index (χ0v) is 11.9. The molecule has 0 spiro atoms. The van der Waals surface area contributed by atoms with Crippen LogP contribution in [0.5, 0.6) is 0 Å². The van der Waals surface area contributed by atoms with Gasteiger partial charge in [-0.25, -0.2) is 0 Å². The van der Waals surface area contributed by atoms with Gasteiger partial charge >= 0.3 is 0 Å². The normalized spacial score (nSPS) is 11.5. The fraction of sp³-hybridized carbons (Fsp3) is 0.500. The van der Waals surface area contributed by atoms with Crippen LogP contribution in [0.3, 0.4) is 0 Å². The Hall–Kier alpha value is -1.06. The van der Waals surface area contributed by atoms with Gasteiger partial charge in [0.2, 0.25) is 5.91 Å². The Bertz CT molecular complexity index is 351. The average molecular weight is 271 g/mol. The molecule has 0 aliphatic heterocycles. The lowest BCUT2D eigenvalue weighted by molar-refractivity contribution is -0.121. The lowest BCUT2D eigenvalue weighted by atomic mass is 10.00. The highest BCUT2D eigenvalue weighted by Crippen LogP contribution is 2.14. The Morgan fingerprint density at radius 3 is 2.50 bits per heavy atom. The van der Waals surface area contributed by atoms with E-state index in [2.05, 4.69) is 43.4 Å². The third kappa shape index (κ3) is 6.03. The van der Waals surface area contributed by atoms with Crippen molar-refractivity contribution in [1.82, 2.24) is 5.32 Å². The standard InChI is InChI=1S/C14H22N2O.ClH/c1-11-5-7-13(8-6-11)12(2)10-16-14(17)4-3-9-15;/h5-8,12H,3-4,9-10,15H2,1-2H3,(H,16,17);1H. The largest absolute Gasteiger partial charge is 0.356 e. The summed E-state index contributed by atoms with van der Waals surface area (Å²) < 4.78 is 0. The predicted octanol–water partition coefficient (Wildman–Crippen LogP) is 2.38. The number of aryl methyl sites for hydroxylation is 1. The van der Waals surface area contributed by atoms with E-state index in [0.717, 1.165) is 6.42 Å². The molecule has 0 aliphatic rings. The summed E-state index contributed by atoms with van der Waals surface area (Å²) in [6.07, 6.45) is 1.28. The highest BCUT2D eigenvalue weighted by Gasteiger charge is 2.07. The van der Waals surface area contributed by atoms with E-state index in [1.54, 1.807) is 0 Å². The Kier molecular flexibility index (Phi) is 8.42. The number of nitrogens with two attached hydrogens (primary N) is 1. The molecule has 18 heavy (non-hydrogen) atoms. The van der Waals surface area contributed by atoms with Crippen LogP contribution in [0.25, 0.3) is 0 Å². The van der Waals surface area contributed by atoms with E-state index in [0.29, 0.717) is 25.4 Å². The second kappa shape index (κ2) is 8.95. The summed E-state index contributed by atoms with van der Waals surface area (Å²) in [4.78, 5) is 11.4. The SMILES string of the molecule is Cc1ccc(C(C)CNC(=O)CCCN)cc1.Cl. The van der Waals surface area contributed by atoms with Gasteiger partial charge in [0.25, 0.3) is 0 Å². The lowest BCUT2D eigenvalue weighted by Crippen LogP contribution is -2.27. The van der Waals surface area contributed by atoms with Gasteiger partial charge < -0.3 is 11.1 Å². The van der Waals surface area contributed by atoms with Crippen LogP contribution in [0.15, 0.2) is 24.3 Å². The minimum Gasteiger partial charge on any atom is -0.356 e. The summed E-state index contributed by atoms with van der Waals surface area (Å²) in [6.45, 7) is 5.45. The third-order valence-electron chi connectivity index (χ3n) is 2.86. The molecule has 1 amide bonds. The van der Waals surface area contributed by atoms with E-state index in [1.165, 1.54) is 11.1 Å². The number of hydrogen-bond acceptors (Lipinski definition) is 2. The fourth-order valence-electron chi connectivity index (χ4n) is 1.63. The highest BCUT2D eigenvalue weighted by atomic mass is 35.5. The molecule has 1 aromatic carbocycles. The van der Waals surface area contributed by atoms with Crippen LogP contribution in [0.4, 0.5) is 0 Å². The van der Waals surface area contributed by atoms with Gasteiger partial charge in [-0.3, -0.25) is 4.79 Å². The molecule has 3 N–H and O–H groups in total. The molecule has 0 saturated heterocycles. The first-order valence-corrected chi connectivity index (χ1v) is 6.17. The van der Waals surface area contributed by atoms with E-state index in [4.69, 9.17) is 5.73 Å². The van der Waals surface area contributed by atoms with Crippen molar-refractivity contribution in [2.45, 2.75) is 32.6 Å². The molecule has 3 nitrogen and oxygen atoms in total. The molecule has 1 rings (SSSR count). The Balaban J connectivity index is 0.00000289. The maximum absolute atomic E-state index is 11.4. The van der Waals surface area contributed by atoms with Gasteiger partial charge in [-0.2, -0.15) is 0 Å². The number of rotatable bonds is 6. The van der Waals surface area contributed by atoms with E-state index >= 15 is 0 Å². The number of carbonyl (C=O) groups is 1. The summed E-state index contributed by atoms with van der Waals surface area (Å²) in [5.74, 6) is 0.437. The zero-order chi connectivity index (χ0) is 12.7. The Morgan fingerprint density at radius 2 is 1.94 bits per heavy atom. The van der Waals surface area contributed by atoms with Crippen LogP contribution in [-0.2, 0) is 4.79 Å². The smallest absolute Gasteiger partial charge is 0.220 e. The number of carbonyl (C=O) groups excluding carboxylic acids is 1. The first-order chi connectivity index (χ1) is 8.13. The maximum atomic E-state index is 11.4. The Morgan fingerprint density at radius 1 is 1.33 bits per heavy atom. The molecule has 0 aliphatic carbocycles. The quantitative estimate of drug-likeness (QED) is 0.834. The van der Waals surface area contributed by atoms with E-state index in [1.807, 2.05) is 0 Å². The Labute approximate surface area is 116 Å². The number of amides is 1. The molecule has 1 atom stereocenters. The van der Waals surface area contributed by atoms with Crippen molar-refractivity contribution in [1.29, 1.82) is 0 Å². The summed E-state index contributed by atoms with van der Waals surface area (Å²) in [5, 5.41) is 2.94. The molecular weight excluding hydrogens is 248 g/mol. The maximum Gasteiger partial charge on any atom is 0.220 e. The molecule has 0 fully saturated rings. The average Bonchev–Trinajstić information content (AvgIpc) is 2.34. The molecule has 0 radical (unpaired) electrons. The van der Waals surface area contributed by atoms with Crippen molar-refractivity contribution in [3.05, 3.63) is 35.4 Å². The number of halogens is 1. The highest BCUT2D eigenvalue weighted by molar-refractivity contribution is 5.85. The topological polar surface area (TPSA) is 55.1 Å². The first-order valence-electron chi connectivity index (χ1n) is 6.17. The van der Waals surface area contributed by atoms with Crippen molar-refractivity contribution >= 4 is 18.3 Å². The van der Waals surface area contributed by atoms with E-state index in [-0.39, 0.29) is 18.3 Å². The lowest BCUT2D eigenvalue weighted by Gasteiger charge is -2.13. The van der Waals surface area contributed by atoms with Crippen LogP contribution >= 0.6 is 12.4 Å². The second-order valence-electron chi connectivity index (χ2n) is 4.51. The van der Waals surface area contributed by atoms with E-state index < -0.39 is 0 Å². The van der Waals surface area contributed by atoms with Gasteiger partial charge in [-0.05, 0) is 31.4 Å². The predicted molar refractivity (Wildman–Crippen MR) is 78.1 cm³/mol. The molecule has 4 heteroatoms. The van der Waals surface area contributed by atoms with Crippen LogP contribution in [0.2, 0.25) is 0 Å². The van der Waals surface area contributed by atoms with Gasteiger partial charge in [-0.15, -0.1) is 12.4 Å². The van der Waals surface area contributed by atoms with Crippen LogP contribution in [0.1, 0.15) is 36.8 Å². The summed E-state index contributed by atoms with van der Waals surface area (Å²) in [5.41, 5.74) is 7.87. The second-order valence-corrected chi connectivity index (χ2v) is 4.51. The summed E-state index contributed by atoms with van der Waals surface area (Å²) in [6, 6.07) is 8.43.